The van der Waals surface area contributed by atoms with Crippen molar-refractivity contribution in [3.8, 4) is 0 Å². The first-order valence-electron chi connectivity index (χ1n) is 4.38. The fourth-order valence-electron chi connectivity index (χ4n) is 1.55. The van der Waals surface area contributed by atoms with E-state index in [2.05, 4.69) is 0 Å². The van der Waals surface area contributed by atoms with E-state index >= 15 is 0 Å². The van der Waals surface area contributed by atoms with Crippen LogP contribution in [-0.2, 0) is 4.79 Å². The molecule has 0 unspecified atom stereocenters. The molecule has 0 saturated carbocycles. The first-order chi connectivity index (χ1) is 6.29. The lowest BCUT2D eigenvalue weighted by molar-refractivity contribution is -0.126. The molecule has 2 rings (SSSR count). The van der Waals surface area contributed by atoms with Gasteiger partial charge in [0.1, 0.15) is 0 Å². The minimum Gasteiger partial charge on any atom is -0.283 e. The molecule has 1 fully saturated rings. The molecular formula is C10H13IN2O. The SMILES string of the molecule is CN1C(=O)CCN1c1ccccc1.I. The van der Waals surface area contributed by atoms with Gasteiger partial charge in [0.25, 0.3) is 0 Å². The highest BCUT2D eigenvalue weighted by Gasteiger charge is 2.24. The van der Waals surface area contributed by atoms with E-state index in [1.807, 2.05) is 42.4 Å². The zero-order chi connectivity index (χ0) is 9.26. The fourth-order valence-corrected chi connectivity index (χ4v) is 1.55. The number of nitrogens with zero attached hydrogens (tertiary/aromatic N) is 2. The molecule has 1 aliphatic heterocycles. The summed E-state index contributed by atoms with van der Waals surface area (Å²) in [6.45, 7) is 0.791. The van der Waals surface area contributed by atoms with Crippen molar-refractivity contribution in [2.45, 2.75) is 6.42 Å². The van der Waals surface area contributed by atoms with E-state index in [1.54, 1.807) is 5.01 Å². The predicted octanol–water partition coefficient (Wildman–Crippen LogP) is 1.89. The molecule has 1 heterocycles. The van der Waals surface area contributed by atoms with Gasteiger partial charge in [0.2, 0.25) is 5.91 Å². The molecule has 0 N–H and O–H groups in total. The number of halogens is 1. The van der Waals surface area contributed by atoms with Crippen molar-refractivity contribution in [3.05, 3.63) is 30.3 Å². The Morgan fingerprint density at radius 3 is 2.36 bits per heavy atom. The normalized spacial score (nSPS) is 15.6. The van der Waals surface area contributed by atoms with Crippen molar-refractivity contribution in [2.24, 2.45) is 0 Å². The van der Waals surface area contributed by atoms with Crippen molar-refractivity contribution in [1.82, 2.24) is 5.01 Å². The van der Waals surface area contributed by atoms with Gasteiger partial charge >= 0.3 is 0 Å². The first-order valence-corrected chi connectivity index (χ1v) is 4.38. The Morgan fingerprint density at radius 1 is 1.21 bits per heavy atom. The summed E-state index contributed by atoms with van der Waals surface area (Å²) in [5.41, 5.74) is 1.08. The Kier molecular flexibility index (Phi) is 3.74. The van der Waals surface area contributed by atoms with Gasteiger partial charge in [0.15, 0.2) is 0 Å². The van der Waals surface area contributed by atoms with Crippen LogP contribution in [-0.4, -0.2) is 24.5 Å². The summed E-state index contributed by atoms with van der Waals surface area (Å²) in [7, 11) is 1.81. The van der Waals surface area contributed by atoms with Gasteiger partial charge in [-0.1, -0.05) is 18.2 Å². The smallest absolute Gasteiger partial charge is 0.242 e. The summed E-state index contributed by atoms with van der Waals surface area (Å²) in [6, 6.07) is 9.95. The molecule has 0 bridgehead atoms. The second-order valence-electron chi connectivity index (χ2n) is 3.13. The minimum atomic E-state index is 0. The number of hydrogen-bond donors (Lipinski definition) is 0. The number of para-hydroxylation sites is 1. The average molecular weight is 304 g/mol. The molecule has 0 atom stereocenters. The van der Waals surface area contributed by atoms with Crippen LogP contribution in [0.2, 0.25) is 0 Å². The number of anilines is 1. The van der Waals surface area contributed by atoms with Gasteiger partial charge < -0.3 is 0 Å². The van der Waals surface area contributed by atoms with Crippen LogP contribution in [0.25, 0.3) is 0 Å². The molecule has 76 valence electrons. The maximum Gasteiger partial charge on any atom is 0.242 e. The van der Waals surface area contributed by atoms with E-state index in [0.29, 0.717) is 6.42 Å². The zero-order valence-electron chi connectivity index (χ0n) is 8.01. The Morgan fingerprint density at radius 2 is 1.86 bits per heavy atom. The summed E-state index contributed by atoms with van der Waals surface area (Å²) < 4.78 is 0. The van der Waals surface area contributed by atoms with Gasteiger partial charge in [-0.3, -0.25) is 14.8 Å². The van der Waals surface area contributed by atoms with E-state index in [4.69, 9.17) is 0 Å². The molecule has 1 amide bonds. The van der Waals surface area contributed by atoms with Crippen LogP contribution in [0.1, 0.15) is 6.42 Å². The standard InChI is InChI=1S/C10H12N2O.HI/c1-11-10(13)7-8-12(11)9-5-3-2-4-6-9;/h2-6H,7-8H2,1H3;1H. The van der Waals surface area contributed by atoms with Gasteiger partial charge in [-0.05, 0) is 12.1 Å². The van der Waals surface area contributed by atoms with E-state index in [9.17, 15) is 4.79 Å². The first kappa shape index (κ1) is 11.3. The largest absolute Gasteiger partial charge is 0.283 e. The summed E-state index contributed by atoms with van der Waals surface area (Å²) in [6.07, 6.45) is 0.616. The lowest BCUT2D eigenvalue weighted by atomic mass is 10.3. The Bertz CT molecular complexity index is 315. The third-order valence-corrected chi connectivity index (χ3v) is 2.31. The van der Waals surface area contributed by atoms with Gasteiger partial charge in [-0.15, -0.1) is 24.0 Å². The highest BCUT2D eigenvalue weighted by atomic mass is 127. The summed E-state index contributed by atoms with van der Waals surface area (Å²) in [5, 5.41) is 3.66. The van der Waals surface area contributed by atoms with Crippen LogP contribution >= 0.6 is 24.0 Å². The van der Waals surface area contributed by atoms with Crippen molar-refractivity contribution in [1.29, 1.82) is 0 Å². The highest BCUT2D eigenvalue weighted by molar-refractivity contribution is 14.0. The maximum atomic E-state index is 11.2. The minimum absolute atomic E-state index is 0. The second kappa shape index (κ2) is 4.63. The van der Waals surface area contributed by atoms with Crippen molar-refractivity contribution >= 4 is 35.6 Å². The topological polar surface area (TPSA) is 23.6 Å². The van der Waals surface area contributed by atoms with Gasteiger partial charge in [-0.25, -0.2) is 0 Å². The van der Waals surface area contributed by atoms with Gasteiger partial charge in [0.05, 0.1) is 5.69 Å². The molecule has 1 aliphatic rings. The molecule has 0 aromatic heterocycles. The molecule has 1 saturated heterocycles. The van der Waals surface area contributed by atoms with Gasteiger partial charge in [0, 0.05) is 20.0 Å². The van der Waals surface area contributed by atoms with Gasteiger partial charge in [-0.2, -0.15) is 0 Å². The van der Waals surface area contributed by atoms with Crippen molar-refractivity contribution in [2.75, 3.05) is 18.6 Å². The molecule has 0 spiro atoms. The Hall–Kier alpha value is -0.780. The summed E-state index contributed by atoms with van der Waals surface area (Å²) in [4.78, 5) is 11.2. The predicted molar refractivity (Wildman–Crippen MR) is 66.6 cm³/mol. The molecule has 14 heavy (non-hydrogen) atoms. The Labute approximate surface area is 101 Å². The van der Waals surface area contributed by atoms with Crippen LogP contribution in [0.5, 0.6) is 0 Å². The number of carbonyl (C=O) groups excluding carboxylic acids is 1. The number of carbonyl (C=O) groups is 1. The number of amides is 1. The third-order valence-electron chi connectivity index (χ3n) is 2.31. The average Bonchev–Trinajstić information content (AvgIpc) is 2.49. The summed E-state index contributed by atoms with van der Waals surface area (Å²) >= 11 is 0. The second-order valence-corrected chi connectivity index (χ2v) is 3.13. The van der Waals surface area contributed by atoms with Crippen LogP contribution < -0.4 is 5.01 Å². The molecule has 0 radical (unpaired) electrons. The van der Waals surface area contributed by atoms with Crippen molar-refractivity contribution in [3.63, 3.8) is 0 Å². The van der Waals surface area contributed by atoms with E-state index in [-0.39, 0.29) is 29.9 Å². The molecule has 1 aromatic carbocycles. The maximum absolute atomic E-state index is 11.2. The van der Waals surface area contributed by atoms with Crippen LogP contribution in [0.15, 0.2) is 30.3 Å². The van der Waals surface area contributed by atoms with E-state index in [0.717, 1.165) is 12.2 Å². The number of benzene rings is 1. The Balaban J connectivity index is 0.000000980. The molecule has 0 aliphatic carbocycles. The lowest BCUT2D eigenvalue weighted by Crippen LogP contribution is -2.35. The lowest BCUT2D eigenvalue weighted by Gasteiger charge is -2.25. The molecular weight excluding hydrogens is 291 g/mol. The van der Waals surface area contributed by atoms with Crippen molar-refractivity contribution < 1.29 is 4.79 Å². The zero-order valence-corrected chi connectivity index (χ0v) is 10.3. The van der Waals surface area contributed by atoms with E-state index in [1.165, 1.54) is 0 Å². The molecule has 4 heteroatoms. The quantitative estimate of drug-likeness (QED) is 0.740. The van der Waals surface area contributed by atoms with Crippen LogP contribution in [0.3, 0.4) is 0 Å². The monoisotopic (exact) mass is 304 g/mol. The molecule has 3 nitrogen and oxygen atoms in total. The van der Waals surface area contributed by atoms with E-state index < -0.39 is 0 Å². The number of rotatable bonds is 1. The summed E-state index contributed by atoms with van der Waals surface area (Å²) in [5.74, 6) is 0.184. The third kappa shape index (κ3) is 2.00. The highest BCUT2D eigenvalue weighted by Crippen LogP contribution is 2.19. The van der Waals surface area contributed by atoms with Crippen LogP contribution in [0.4, 0.5) is 5.69 Å². The molecule has 1 aromatic rings. The number of hydrogen-bond acceptors (Lipinski definition) is 2. The number of hydrazine groups is 1. The van der Waals surface area contributed by atoms with Crippen LogP contribution in [0, 0.1) is 0 Å². The fraction of sp³-hybridized carbons (Fsp3) is 0.300.